The van der Waals surface area contributed by atoms with Crippen LogP contribution in [0.5, 0.6) is 0 Å². The van der Waals surface area contributed by atoms with Crippen molar-refractivity contribution in [3.05, 3.63) is 35.9 Å². The summed E-state index contributed by atoms with van der Waals surface area (Å²) < 4.78 is 12.1. The lowest BCUT2D eigenvalue weighted by molar-refractivity contribution is -0.206. The molecule has 1 saturated heterocycles. The molecule has 0 spiro atoms. The minimum atomic E-state index is 0.0514. The third-order valence-corrected chi connectivity index (χ3v) is 4.55. The monoisotopic (exact) mass is 305 g/mol. The Labute approximate surface area is 135 Å². The van der Waals surface area contributed by atoms with E-state index in [1.165, 1.54) is 5.56 Å². The minimum absolute atomic E-state index is 0.0514. The molecular formula is C19H31NO2. The second-order valence-electron chi connectivity index (χ2n) is 8.02. The average Bonchev–Trinajstić information content (AvgIpc) is 2.44. The van der Waals surface area contributed by atoms with Crippen LogP contribution in [-0.4, -0.2) is 36.4 Å². The summed E-state index contributed by atoms with van der Waals surface area (Å²) in [7, 11) is 1.81. The smallest absolute Gasteiger partial charge is 0.116 e. The molecule has 1 aliphatic heterocycles. The molecule has 0 bridgehead atoms. The molecular weight excluding hydrogens is 274 g/mol. The van der Waals surface area contributed by atoms with E-state index in [0.29, 0.717) is 6.61 Å². The highest BCUT2D eigenvalue weighted by Crippen LogP contribution is 2.40. The Balaban J connectivity index is 2.16. The fraction of sp³-hybridized carbons (Fsp3) is 0.684. The largest absolute Gasteiger partial charge is 0.380 e. The van der Waals surface area contributed by atoms with Gasteiger partial charge in [0.25, 0.3) is 0 Å². The maximum absolute atomic E-state index is 6.39. The van der Waals surface area contributed by atoms with E-state index in [-0.39, 0.29) is 23.3 Å². The lowest BCUT2D eigenvalue weighted by atomic mass is 9.78. The summed E-state index contributed by atoms with van der Waals surface area (Å²) in [5.41, 5.74) is 1.33. The normalized spacial score (nSPS) is 26.1. The van der Waals surface area contributed by atoms with Gasteiger partial charge < -0.3 is 9.47 Å². The van der Waals surface area contributed by atoms with Crippen molar-refractivity contribution in [2.75, 3.05) is 13.7 Å². The third kappa shape index (κ3) is 4.09. The lowest BCUT2D eigenvalue weighted by Crippen LogP contribution is -2.62. The second-order valence-corrected chi connectivity index (χ2v) is 8.02. The molecule has 2 rings (SSSR count). The van der Waals surface area contributed by atoms with Crippen molar-refractivity contribution in [2.45, 2.75) is 65.5 Å². The summed E-state index contributed by atoms with van der Waals surface area (Å²) in [5, 5.41) is 0. The Hall–Kier alpha value is -0.900. The number of rotatable bonds is 4. The van der Waals surface area contributed by atoms with Crippen molar-refractivity contribution in [1.82, 2.24) is 4.90 Å². The molecule has 1 fully saturated rings. The van der Waals surface area contributed by atoms with Crippen LogP contribution >= 0.6 is 0 Å². The van der Waals surface area contributed by atoms with E-state index in [1.807, 2.05) is 13.2 Å². The molecule has 3 nitrogen and oxygen atoms in total. The average molecular weight is 305 g/mol. The summed E-state index contributed by atoms with van der Waals surface area (Å²) in [6, 6.07) is 10.4. The zero-order valence-electron chi connectivity index (χ0n) is 14.9. The van der Waals surface area contributed by atoms with Crippen LogP contribution < -0.4 is 0 Å². The van der Waals surface area contributed by atoms with Gasteiger partial charge in [0.15, 0.2) is 0 Å². The Bertz CT molecular complexity index is 464. The molecule has 3 heteroatoms. The maximum atomic E-state index is 6.39. The van der Waals surface area contributed by atoms with E-state index >= 15 is 0 Å². The summed E-state index contributed by atoms with van der Waals surface area (Å²) in [6.45, 7) is 12.9. The van der Waals surface area contributed by atoms with Gasteiger partial charge in [-0.3, -0.25) is 4.90 Å². The molecule has 0 saturated carbocycles. The van der Waals surface area contributed by atoms with Crippen LogP contribution in [-0.2, 0) is 16.1 Å². The first-order valence-corrected chi connectivity index (χ1v) is 8.19. The second kappa shape index (κ2) is 6.69. The van der Waals surface area contributed by atoms with Crippen molar-refractivity contribution in [3.8, 4) is 0 Å². The van der Waals surface area contributed by atoms with Crippen molar-refractivity contribution < 1.29 is 9.47 Å². The minimum Gasteiger partial charge on any atom is -0.380 e. The first kappa shape index (κ1) is 17.5. The molecule has 0 unspecified atom stereocenters. The van der Waals surface area contributed by atoms with Gasteiger partial charge in [0, 0.05) is 24.6 Å². The van der Waals surface area contributed by atoms with Gasteiger partial charge in [-0.1, -0.05) is 44.2 Å². The van der Waals surface area contributed by atoms with Gasteiger partial charge >= 0.3 is 0 Å². The number of nitrogens with zero attached hydrogens (tertiary/aromatic N) is 1. The highest BCUT2D eigenvalue weighted by Gasteiger charge is 2.46. The Morgan fingerprint density at radius 1 is 1.18 bits per heavy atom. The Morgan fingerprint density at radius 2 is 1.82 bits per heavy atom. The zero-order chi connectivity index (χ0) is 16.4. The van der Waals surface area contributed by atoms with Gasteiger partial charge in [-0.15, -0.1) is 0 Å². The molecule has 0 aliphatic carbocycles. The summed E-state index contributed by atoms with van der Waals surface area (Å²) in [4.78, 5) is 2.45. The standard InChI is InChI=1S/C19H31NO2/c1-18(2,3)20-13-16(21-6)12-19(4,5)17(20)22-14-15-10-8-7-9-11-15/h7-11,16-17H,12-14H2,1-6H3/t16-,17-/m1/s1. The molecule has 0 aromatic heterocycles. The quantitative estimate of drug-likeness (QED) is 0.837. The fourth-order valence-corrected chi connectivity index (χ4v) is 3.34. The van der Waals surface area contributed by atoms with Crippen LogP contribution in [0.3, 0.4) is 0 Å². The molecule has 0 radical (unpaired) electrons. The number of ether oxygens (including phenoxy) is 2. The zero-order valence-corrected chi connectivity index (χ0v) is 14.9. The number of hydrogen-bond acceptors (Lipinski definition) is 3. The van der Waals surface area contributed by atoms with Crippen molar-refractivity contribution >= 4 is 0 Å². The van der Waals surface area contributed by atoms with Crippen LogP contribution in [0, 0.1) is 5.41 Å². The van der Waals surface area contributed by atoms with E-state index in [1.54, 1.807) is 0 Å². The molecule has 1 aromatic rings. The summed E-state index contributed by atoms with van der Waals surface area (Å²) in [5.74, 6) is 0. The van der Waals surface area contributed by atoms with Crippen LogP contribution in [0.15, 0.2) is 30.3 Å². The van der Waals surface area contributed by atoms with E-state index in [9.17, 15) is 0 Å². The number of methoxy groups -OCH3 is 1. The van der Waals surface area contributed by atoms with Gasteiger partial charge in [-0.25, -0.2) is 0 Å². The van der Waals surface area contributed by atoms with E-state index in [0.717, 1.165) is 13.0 Å². The summed E-state index contributed by atoms with van der Waals surface area (Å²) >= 11 is 0. The molecule has 1 heterocycles. The first-order chi connectivity index (χ1) is 10.2. The van der Waals surface area contributed by atoms with Crippen LogP contribution in [0.4, 0.5) is 0 Å². The molecule has 1 aromatic carbocycles. The lowest BCUT2D eigenvalue weighted by Gasteiger charge is -2.53. The van der Waals surface area contributed by atoms with Gasteiger partial charge in [0.05, 0.1) is 12.7 Å². The van der Waals surface area contributed by atoms with Crippen LogP contribution in [0.25, 0.3) is 0 Å². The molecule has 124 valence electrons. The first-order valence-electron chi connectivity index (χ1n) is 8.19. The van der Waals surface area contributed by atoms with Crippen LogP contribution in [0.2, 0.25) is 0 Å². The molecule has 2 atom stereocenters. The van der Waals surface area contributed by atoms with E-state index < -0.39 is 0 Å². The molecule has 0 N–H and O–H groups in total. The highest BCUT2D eigenvalue weighted by molar-refractivity contribution is 5.13. The Kier molecular flexibility index (Phi) is 5.31. The fourth-order valence-electron chi connectivity index (χ4n) is 3.34. The van der Waals surface area contributed by atoms with Crippen molar-refractivity contribution in [3.63, 3.8) is 0 Å². The van der Waals surface area contributed by atoms with Crippen molar-refractivity contribution in [1.29, 1.82) is 0 Å². The highest BCUT2D eigenvalue weighted by atomic mass is 16.5. The number of hydrogen-bond donors (Lipinski definition) is 0. The Morgan fingerprint density at radius 3 is 2.36 bits per heavy atom. The SMILES string of the molecule is CO[C@H]1CN(C(C)(C)C)[C@H](OCc2ccccc2)C(C)(C)C1. The molecule has 22 heavy (non-hydrogen) atoms. The molecule has 1 aliphatic rings. The third-order valence-electron chi connectivity index (χ3n) is 4.55. The van der Waals surface area contributed by atoms with Crippen molar-refractivity contribution in [2.24, 2.45) is 5.41 Å². The number of piperidine rings is 1. The van der Waals surface area contributed by atoms with E-state index in [2.05, 4.69) is 63.8 Å². The van der Waals surface area contributed by atoms with Gasteiger partial charge in [-0.2, -0.15) is 0 Å². The van der Waals surface area contributed by atoms with Gasteiger partial charge in [-0.05, 0) is 32.8 Å². The molecule has 0 amide bonds. The number of benzene rings is 1. The van der Waals surface area contributed by atoms with Crippen LogP contribution in [0.1, 0.15) is 46.6 Å². The topological polar surface area (TPSA) is 21.7 Å². The maximum Gasteiger partial charge on any atom is 0.116 e. The van der Waals surface area contributed by atoms with Gasteiger partial charge in [0.2, 0.25) is 0 Å². The van der Waals surface area contributed by atoms with Gasteiger partial charge in [0.1, 0.15) is 6.23 Å². The predicted molar refractivity (Wildman–Crippen MR) is 90.7 cm³/mol. The number of likely N-dealkylation sites (tertiary alicyclic amines) is 1. The van der Waals surface area contributed by atoms with E-state index in [4.69, 9.17) is 9.47 Å². The summed E-state index contributed by atoms with van der Waals surface area (Å²) in [6.07, 6.45) is 1.39. The predicted octanol–water partition coefficient (Wildman–Crippen LogP) is 4.07.